The molecular formula is C18H22F8O. The molecule has 0 radical (unpaired) electrons. The summed E-state index contributed by atoms with van der Waals surface area (Å²) < 4.78 is 104. The lowest BCUT2D eigenvalue weighted by molar-refractivity contribution is -0.324. The molecule has 27 heavy (non-hydrogen) atoms. The maximum Gasteiger partial charge on any atom is 0.423 e. The third-order valence-corrected chi connectivity index (χ3v) is 5.83. The number of rotatable bonds is 5. The molecular weight excluding hydrogens is 384 g/mol. The van der Waals surface area contributed by atoms with Crippen LogP contribution in [0.5, 0.6) is 0 Å². The molecule has 0 aromatic rings. The number of hydrogen-bond donors (Lipinski definition) is 1. The Bertz CT molecular complexity index is 578. The number of aliphatic hydroxyl groups is 1. The summed E-state index contributed by atoms with van der Waals surface area (Å²) in [6.45, 7) is 0. The molecule has 0 aliphatic heterocycles. The summed E-state index contributed by atoms with van der Waals surface area (Å²) in [4.78, 5) is 0. The van der Waals surface area contributed by atoms with Crippen LogP contribution in [0.25, 0.3) is 0 Å². The van der Waals surface area contributed by atoms with Crippen LogP contribution in [0.15, 0.2) is 24.1 Å². The van der Waals surface area contributed by atoms with E-state index in [2.05, 4.69) is 0 Å². The largest absolute Gasteiger partial charge is 0.423 e. The first-order valence-electron chi connectivity index (χ1n) is 8.95. The van der Waals surface area contributed by atoms with Crippen LogP contribution < -0.4 is 0 Å². The van der Waals surface area contributed by atoms with Crippen LogP contribution in [0, 0.1) is 17.8 Å². The lowest BCUT2D eigenvalue weighted by Gasteiger charge is -2.38. The third-order valence-electron chi connectivity index (χ3n) is 5.83. The standard InChI is InChI=1S/C18H22F8O/c19-14(15(20)21)17(22,23)16(27,18(24,25)26)9-3-4-11-7-8-12-5-1-2-6-13(12)10-11/h3-4,11-13,27H,1-2,5-10H2. The van der Waals surface area contributed by atoms with Crippen molar-refractivity contribution < 1.29 is 40.2 Å². The van der Waals surface area contributed by atoms with E-state index in [1.807, 2.05) is 0 Å². The predicted octanol–water partition coefficient (Wildman–Crippen LogP) is 6.55. The fourth-order valence-corrected chi connectivity index (χ4v) is 4.24. The minimum atomic E-state index is -6.01. The Hall–Kier alpha value is -1.12. The summed E-state index contributed by atoms with van der Waals surface area (Å²) in [6, 6.07) is 0. The van der Waals surface area contributed by atoms with E-state index in [1.54, 1.807) is 0 Å². The predicted molar refractivity (Wildman–Crippen MR) is 82.8 cm³/mol. The second-order valence-corrected chi connectivity index (χ2v) is 7.52. The van der Waals surface area contributed by atoms with Crippen molar-refractivity contribution in [2.24, 2.45) is 17.8 Å². The molecule has 2 aliphatic rings. The van der Waals surface area contributed by atoms with Gasteiger partial charge in [-0.25, -0.2) is 0 Å². The van der Waals surface area contributed by atoms with Crippen LogP contribution in [0.4, 0.5) is 35.1 Å². The molecule has 2 rings (SSSR count). The van der Waals surface area contributed by atoms with Gasteiger partial charge in [-0.05, 0) is 37.0 Å². The minimum absolute atomic E-state index is 0.131. The Labute approximate surface area is 152 Å². The summed E-state index contributed by atoms with van der Waals surface area (Å²) in [5.74, 6) is -8.49. The Kier molecular flexibility index (Phi) is 6.64. The van der Waals surface area contributed by atoms with Crippen LogP contribution in [-0.2, 0) is 0 Å². The van der Waals surface area contributed by atoms with Gasteiger partial charge in [-0.3, -0.25) is 0 Å². The molecule has 1 nitrogen and oxygen atoms in total. The van der Waals surface area contributed by atoms with Gasteiger partial charge in [-0.1, -0.05) is 37.8 Å². The highest BCUT2D eigenvalue weighted by Crippen LogP contribution is 2.50. The van der Waals surface area contributed by atoms with Crippen molar-refractivity contribution in [3.8, 4) is 0 Å². The maximum atomic E-state index is 13.7. The fraction of sp³-hybridized carbons (Fsp3) is 0.778. The summed E-state index contributed by atoms with van der Waals surface area (Å²) in [5, 5.41) is 9.48. The van der Waals surface area contributed by atoms with Crippen LogP contribution in [0.3, 0.4) is 0 Å². The average Bonchev–Trinajstić information content (AvgIpc) is 2.59. The van der Waals surface area contributed by atoms with Crippen molar-refractivity contribution in [1.82, 2.24) is 0 Å². The zero-order valence-corrected chi connectivity index (χ0v) is 14.5. The van der Waals surface area contributed by atoms with Gasteiger partial charge >= 0.3 is 18.2 Å². The normalized spacial score (nSPS) is 29.3. The van der Waals surface area contributed by atoms with E-state index in [9.17, 15) is 40.2 Å². The molecule has 0 saturated heterocycles. The zero-order valence-electron chi connectivity index (χ0n) is 14.5. The second-order valence-electron chi connectivity index (χ2n) is 7.52. The molecule has 2 aliphatic carbocycles. The van der Waals surface area contributed by atoms with E-state index in [1.165, 1.54) is 6.08 Å². The van der Waals surface area contributed by atoms with Crippen LogP contribution in [0.2, 0.25) is 0 Å². The van der Waals surface area contributed by atoms with Gasteiger partial charge in [0, 0.05) is 6.42 Å². The highest BCUT2D eigenvalue weighted by Gasteiger charge is 2.71. The molecule has 4 unspecified atom stereocenters. The maximum absolute atomic E-state index is 13.7. The van der Waals surface area contributed by atoms with E-state index in [0.29, 0.717) is 24.3 Å². The molecule has 2 fully saturated rings. The van der Waals surface area contributed by atoms with E-state index < -0.39 is 36.0 Å². The molecule has 0 amide bonds. The van der Waals surface area contributed by atoms with Gasteiger partial charge in [0.25, 0.3) is 0 Å². The number of fused-ring (bicyclic) bond motifs is 1. The minimum Gasteiger partial charge on any atom is -0.375 e. The van der Waals surface area contributed by atoms with Gasteiger partial charge in [0.15, 0.2) is 0 Å². The molecule has 1 N–H and O–H groups in total. The van der Waals surface area contributed by atoms with E-state index in [0.717, 1.165) is 38.5 Å². The smallest absolute Gasteiger partial charge is 0.375 e. The van der Waals surface area contributed by atoms with Gasteiger partial charge in [0.05, 0.1) is 0 Å². The number of allylic oxidation sites excluding steroid dienone is 1. The van der Waals surface area contributed by atoms with Crippen molar-refractivity contribution in [3.05, 3.63) is 24.1 Å². The first-order chi connectivity index (χ1) is 12.4. The topological polar surface area (TPSA) is 20.2 Å². The Morgan fingerprint density at radius 1 is 0.889 bits per heavy atom. The van der Waals surface area contributed by atoms with E-state index in [4.69, 9.17) is 0 Å². The molecule has 156 valence electrons. The van der Waals surface area contributed by atoms with Gasteiger partial charge in [-0.2, -0.15) is 35.1 Å². The van der Waals surface area contributed by atoms with Gasteiger partial charge in [0.1, 0.15) is 0 Å². The molecule has 2 saturated carbocycles. The van der Waals surface area contributed by atoms with E-state index >= 15 is 0 Å². The van der Waals surface area contributed by atoms with Crippen molar-refractivity contribution in [1.29, 1.82) is 0 Å². The lowest BCUT2D eigenvalue weighted by Crippen LogP contribution is -2.59. The van der Waals surface area contributed by atoms with Crippen molar-refractivity contribution in [3.63, 3.8) is 0 Å². The number of alkyl halides is 5. The third kappa shape index (κ3) is 4.49. The summed E-state index contributed by atoms with van der Waals surface area (Å²) in [7, 11) is 0. The molecule has 0 aromatic heterocycles. The first-order valence-corrected chi connectivity index (χ1v) is 8.95. The summed E-state index contributed by atoms with van der Waals surface area (Å²) >= 11 is 0. The zero-order chi connectivity index (χ0) is 20.5. The second kappa shape index (κ2) is 8.09. The molecule has 0 heterocycles. The van der Waals surface area contributed by atoms with Crippen molar-refractivity contribution >= 4 is 0 Å². The quantitative estimate of drug-likeness (QED) is 0.406. The average molecular weight is 406 g/mol. The lowest BCUT2D eigenvalue weighted by atomic mass is 9.67. The Morgan fingerprint density at radius 3 is 2.04 bits per heavy atom. The van der Waals surface area contributed by atoms with Crippen LogP contribution >= 0.6 is 0 Å². The summed E-state index contributed by atoms with van der Waals surface area (Å²) in [5.41, 5.74) is -4.95. The van der Waals surface area contributed by atoms with Crippen molar-refractivity contribution in [2.45, 2.75) is 69.1 Å². The Balaban J connectivity index is 2.13. The summed E-state index contributed by atoms with van der Waals surface area (Å²) in [6.07, 6.45) is -2.63. The fourth-order valence-electron chi connectivity index (χ4n) is 4.24. The number of hydrogen-bond acceptors (Lipinski definition) is 1. The first kappa shape index (κ1) is 22.2. The van der Waals surface area contributed by atoms with Crippen LogP contribution in [-0.4, -0.2) is 22.8 Å². The highest BCUT2D eigenvalue weighted by atomic mass is 19.4. The molecule has 0 aromatic carbocycles. The molecule has 4 atom stereocenters. The van der Waals surface area contributed by atoms with Crippen molar-refractivity contribution in [2.75, 3.05) is 0 Å². The monoisotopic (exact) mass is 406 g/mol. The van der Waals surface area contributed by atoms with E-state index in [-0.39, 0.29) is 5.92 Å². The van der Waals surface area contributed by atoms with Crippen LogP contribution in [0.1, 0.15) is 51.4 Å². The van der Waals surface area contributed by atoms with Gasteiger partial charge < -0.3 is 5.11 Å². The molecule has 9 heteroatoms. The number of halogens is 8. The van der Waals surface area contributed by atoms with Gasteiger partial charge in [0.2, 0.25) is 11.4 Å². The Morgan fingerprint density at radius 2 is 1.48 bits per heavy atom. The highest BCUT2D eigenvalue weighted by molar-refractivity contribution is 5.18. The molecule has 0 bridgehead atoms. The SMILES string of the molecule is OC(CC=CC1CCC2CCCCC2C1)(C(F)(F)F)C(F)(F)C(F)=C(F)F. The molecule has 0 spiro atoms. The van der Waals surface area contributed by atoms with Gasteiger partial charge in [-0.15, -0.1) is 0 Å².